The van der Waals surface area contributed by atoms with E-state index >= 15 is 0 Å². The lowest BCUT2D eigenvalue weighted by atomic mass is 10.1. The van der Waals surface area contributed by atoms with Crippen LogP contribution in [0.5, 0.6) is 0 Å². The Morgan fingerprint density at radius 3 is 3.00 bits per heavy atom. The van der Waals surface area contributed by atoms with Crippen LogP contribution in [-0.2, 0) is 11.2 Å². The maximum Gasteiger partial charge on any atom is 0.294 e. The Morgan fingerprint density at radius 1 is 1.45 bits per heavy atom. The molecule has 0 radical (unpaired) electrons. The second kappa shape index (κ2) is 4.80. The second-order valence-electron chi connectivity index (χ2n) is 4.49. The molecular formula is C14H13N3O3. The Morgan fingerprint density at radius 2 is 2.30 bits per heavy atom. The molecule has 1 aliphatic rings. The number of nitrogens with zero attached hydrogens (tertiary/aromatic N) is 2. The van der Waals surface area contributed by atoms with E-state index in [1.807, 2.05) is 19.1 Å². The van der Waals surface area contributed by atoms with Crippen LogP contribution in [0.4, 0.5) is 11.4 Å². The topological polar surface area (TPSA) is 75.4 Å². The van der Waals surface area contributed by atoms with Crippen molar-refractivity contribution < 1.29 is 14.1 Å². The van der Waals surface area contributed by atoms with Gasteiger partial charge in [0.15, 0.2) is 0 Å². The van der Waals surface area contributed by atoms with Crippen molar-refractivity contribution in [1.29, 1.82) is 0 Å². The summed E-state index contributed by atoms with van der Waals surface area (Å²) in [4.78, 5) is 25.4. The van der Waals surface area contributed by atoms with Crippen LogP contribution in [0, 0.1) is 0 Å². The summed E-state index contributed by atoms with van der Waals surface area (Å²) in [5, 5.41) is 6.21. The lowest BCUT2D eigenvalue weighted by Gasteiger charge is -2.14. The van der Waals surface area contributed by atoms with Crippen LogP contribution in [0.15, 0.2) is 35.0 Å². The number of nitrogens with one attached hydrogen (secondary N) is 1. The predicted octanol–water partition coefficient (Wildman–Crippen LogP) is 1.84. The average Bonchev–Trinajstić information content (AvgIpc) is 3.04. The number of amides is 2. The molecule has 2 heterocycles. The molecule has 0 atom stereocenters. The molecule has 2 aromatic rings. The first-order chi connectivity index (χ1) is 9.69. The molecule has 20 heavy (non-hydrogen) atoms. The summed E-state index contributed by atoms with van der Waals surface area (Å²) in [7, 11) is 0. The van der Waals surface area contributed by atoms with E-state index in [4.69, 9.17) is 4.52 Å². The highest BCUT2D eigenvalue weighted by molar-refractivity contribution is 6.04. The summed E-state index contributed by atoms with van der Waals surface area (Å²) in [6.07, 6.45) is 1.78. The van der Waals surface area contributed by atoms with Crippen LogP contribution in [0.2, 0.25) is 0 Å². The first-order valence-electron chi connectivity index (χ1n) is 6.34. The number of hydrogen-bond donors (Lipinski definition) is 1. The lowest BCUT2D eigenvalue weighted by molar-refractivity contribution is -0.117. The van der Waals surface area contributed by atoms with Gasteiger partial charge in [0, 0.05) is 24.0 Å². The number of aromatic nitrogens is 1. The highest BCUT2D eigenvalue weighted by atomic mass is 16.5. The smallest absolute Gasteiger partial charge is 0.294 e. The third-order valence-electron chi connectivity index (χ3n) is 3.25. The van der Waals surface area contributed by atoms with Gasteiger partial charge in [-0.15, -0.1) is 0 Å². The average molecular weight is 271 g/mol. The number of benzene rings is 1. The Balaban J connectivity index is 1.82. The molecule has 0 saturated carbocycles. The zero-order valence-corrected chi connectivity index (χ0v) is 10.9. The largest absolute Gasteiger partial charge is 0.351 e. The maximum atomic E-state index is 11.8. The van der Waals surface area contributed by atoms with E-state index in [9.17, 15) is 9.59 Å². The number of carbonyl (C=O) groups excluding carboxylic acids is 2. The van der Waals surface area contributed by atoms with Gasteiger partial charge >= 0.3 is 0 Å². The highest BCUT2D eigenvalue weighted by Crippen LogP contribution is 2.31. The quantitative estimate of drug-likeness (QED) is 0.924. The molecule has 0 unspecified atom stereocenters. The summed E-state index contributed by atoms with van der Waals surface area (Å²) in [5.41, 5.74) is 2.47. The normalized spacial score (nSPS) is 13.4. The van der Waals surface area contributed by atoms with Gasteiger partial charge < -0.3 is 14.7 Å². The van der Waals surface area contributed by atoms with Gasteiger partial charge in [0.1, 0.15) is 0 Å². The predicted molar refractivity (Wildman–Crippen MR) is 72.6 cm³/mol. The Bertz CT molecular complexity index is 664. The third-order valence-corrected chi connectivity index (χ3v) is 3.25. The van der Waals surface area contributed by atoms with Crippen LogP contribution >= 0.6 is 0 Å². The standard InChI is InChI=1S/C14H13N3O3/c1-2-17-11-4-3-10(7-9(11)8-13(17)18)16-14(19)12-5-6-15-20-12/h3-7H,2,8H2,1H3,(H,16,19). The summed E-state index contributed by atoms with van der Waals surface area (Å²) < 4.78 is 4.79. The van der Waals surface area contributed by atoms with Gasteiger partial charge in [-0.25, -0.2) is 0 Å². The molecule has 2 amide bonds. The zero-order valence-electron chi connectivity index (χ0n) is 10.9. The molecule has 0 bridgehead atoms. The van der Waals surface area contributed by atoms with E-state index in [1.54, 1.807) is 11.0 Å². The van der Waals surface area contributed by atoms with Crippen LogP contribution < -0.4 is 10.2 Å². The number of fused-ring (bicyclic) bond motifs is 1. The van der Waals surface area contributed by atoms with Crippen molar-refractivity contribution in [2.45, 2.75) is 13.3 Å². The molecule has 3 rings (SSSR count). The van der Waals surface area contributed by atoms with Crippen LogP contribution in [0.1, 0.15) is 23.0 Å². The molecule has 1 aliphatic heterocycles. The second-order valence-corrected chi connectivity index (χ2v) is 4.49. The molecule has 0 aliphatic carbocycles. The van der Waals surface area contributed by atoms with Gasteiger partial charge in [-0.05, 0) is 30.7 Å². The fourth-order valence-corrected chi connectivity index (χ4v) is 2.33. The fourth-order valence-electron chi connectivity index (χ4n) is 2.33. The van der Waals surface area contributed by atoms with Gasteiger partial charge in [0.25, 0.3) is 5.91 Å². The zero-order chi connectivity index (χ0) is 14.1. The first kappa shape index (κ1) is 12.4. The molecule has 1 aromatic heterocycles. The lowest BCUT2D eigenvalue weighted by Crippen LogP contribution is -2.25. The summed E-state index contributed by atoms with van der Waals surface area (Å²) in [5.74, 6) is -0.128. The van der Waals surface area contributed by atoms with E-state index in [-0.39, 0.29) is 17.6 Å². The van der Waals surface area contributed by atoms with E-state index in [0.29, 0.717) is 18.7 Å². The Kier molecular flexibility index (Phi) is 2.98. The number of anilines is 2. The molecule has 0 spiro atoms. The number of carbonyl (C=O) groups is 2. The van der Waals surface area contributed by atoms with E-state index in [2.05, 4.69) is 10.5 Å². The van der Waals surface area contributed by atoms with Crippen molar-refractivity contribution in [3.63, 3.8) is 0 Å². The van der Waals surface area contributed by atoms with Crippen molar-refractivity contribution in [3.05, 3.63) is 41.8 Å². The van der Waals surface area contributed by atoms with Crippen molar-refractivity contribution in [2.24, 2.45) is 0 Å². The third kappa shape index (κ3) is 2.05. The molecule has 1 N–H and O–H groups in total. The minimum absolute atomic E-state index is 0.0845. The van der Waals surface area contributed by atoms with Crippen molar-refractivity contribution in [2.75, 3.05) is 16.8 Å². The SMILES string of the molecule is CCN1C(=O)Cc2cc(NC(=O)c3ccno3)ccc21. The highest BCUT2D eigenvalue weighted by Gasteiger charge is 2.26. The molecule has 1 aromatic carbocycles. The van der Waals surface area contributed by atoms with Crippen molar-refractivity contribution >= 4 is 23.2 Å². The molecule has 102 valence electrons. The number of hydrogen-bond acceptors (Lipinski definition) is 4. The fraction of sp³-hybridized carbons (Fsp3) is 0.214. The van der Waals surface area contributed by atoms with Gasteiger partial charge in [-0.2, -0.15) is 0 Å². The number of rotatable bonds is 3. The Labute approximate surface area is 115 Å². The van der Waals surface area contributed by atoms with Crippen LogP contribution in [0.3, 0.4) is 0 Å². The maximum absolute atomic E-state index is 11.8. The van der Waals surface area contributed by atoms with Crippen LogP contribution in [-0.4, -0.2) is 23.5 Å². The molecule has 6 nitrogen and oxygen atoms in total. The molecular weight excluding hydrogens is 258 g/mol. The minimum Gasteiger partial charge on any atom is -0.351 e. The molecule has 0 saturated heterocycles. The van der Waals surface area contributed by atoms with Gasteiger partial charge in [-0.1, -0.05) is 5.16 Å². The van der Waals surface area contributed by atoms with Gasteiger partial charge in [0.2, 0.25) is 11.7 Å². The molecule has 0 fully saturated rings. The van der Waals surface area contributed by atoms with Crippen LogP contribution in [0.25, 0.3) is 0 Å². The summed E-state index contributed by atoms with van der Waals surface area (Å²) in [6, 6.07) is 6.93. The van der Waals surface area contributed by atoms with E-state index in [1.165, 1.54) is 12.3 Å². The summed E-state index contributed by atoms with van der Waals surface area (Å²) in [6.45, 7) is 2.59. The summed E-state index contributed by atoms with van der Waals surface area (Å²) >= 11 is 0. The monoisotopic (exact) mass is 271 g/mol. The minimum atomic E-state index is -0.362. The van der Waals surface area contributed by atoms with Crippen molar-refractivity contribution in [1.82, 2.24) is 5.16 Å². The van der Waals surface area contributed by atoms with Crippen molar-refractivity contribution in [3.8, 4) is 0 Å². The molecule has 6 heteroatoms. The van der Waals surface area contributed by atoms with Gasteiger partial charge in [-0.3, -0.25) is 9.59 Å². The number of likely N-dealkylation sites (N-methyl/N-ethyl adjacent to an activating group) is 1. The Hall–Kier alpha value is -2.63. The van der Waals surface area contributed by atoms with E-state index in [0.717, 1.165) is 11.3 Å². The first-order valence-corrected chi connectivity index (χ1v) is 6.34. The van der Waals surface area contributed by atoms with Gasteiger partial charge in [0.05, 0.1) is 12.6 Å². The van der Waals surface area contributed by atoms with E-state index < -0.39 is 0 Å².